The third kappa shape index (κ3) is 2.87. The van der Waals surface area contributed by atoms with Crippen LogP contribution in [0.25, 0.3) is 11.2 Å². The molecule has 0 aliphatic heterocycles. The van der Waals surface area contributed by atoms with Crippen LogP contribution in [-0.4, -0.2) is 31.7 Å². The van der Waals surface area contributed by atoms with Crippen LogP contribution in [0.1, 0.15) is 18.7 Å². The molecule has 0 aromatic carbocycles. The van der Waals surface area contributed by atoms with Crippen LogP contribution in [0, 0.1) is 0 Å². The summed E-state index contributed by atoms with van der Waals surface area (Å²) in [6, 6.07) is 0. The molecule has 114 valence electrons. The van der Waals surface area contributed by atoms with E-state index in [9.17, 15) is 14.4 Å². The minimum Gasteiger partial charge on any atom is -0.344 e. The average Bonchev–Trinajstić information content (AvgIpc) is 2.87. The lowest BCUT2D eigenvalue weighted by molar-refractivity contribution is -0.121. The Kier molecular flexibility index (Phi) is 4.22. The van der Waals surface area contributed by atoms with Gasteiger partial charge in [-0.15, -0.1) is 0 Å². The highest BCUT2D eigenvalue weighted by Crippen LogP contribution is 2.07. The zero-order chi connectivity index (χ0) is 15.6. The van der Waals surface area contributed by atoms with Crippen LogP contribution in [0.5, 0.6) is 0 Å². The van der Waals surface area contributed by atoms with Gasteiger partial charge in [-0.3, -0.25) is 18.7 Å². The predicted octanol–water partition coefficient (Wildman–Crippen LogP) is -1.68. The highest BCUT2D eigenvalue weighted by Gasteiger charge is 2.13. The molecular formula is C12H18N6O3. The van der Waals surface area contributed by atoms with Crippen LogP contribution in [0.3, 0.4) is 0 Å². The number of carbonyl (C=O) groups is 1. The fourth-order valence-corrected chi connectivity index (χ4v) is 2.11. The van der Waals surface area contributed by atoms with Gasteiger partial charge in [-0.05, 0) is 6.42 Å². The van der Waals surface area contributed by atoms with Gasteiger partial charge in [-0.25, -0.2) is 9.78 Å². The highest BCUT2D eigenvalue weighted by molar-refractivity contribution is 5.75. The van der Waals surface area contributed by atoms with Crippen molar-refractivity contribution in [2.24, 2.45) is 19.8 Å². The number of fused-ring (bicyclic) bond motifs is 1. The molecular weight excluding hydrogens is 276 g/mol. The maximum absolute atomic E-state index is 12.0. The lowest BCUT2D eigenvalue weighted by atomic mass is 10.2. The standard InChI is InChI=1S/C12H18N6O3/c1-17-10-9(11(20)18(2)12(17)21)15-7(16-10)4-3-5-8(19)14-6-13/h3-6,13H2,1-2H3,(H,14,19)(H,15,16). The van der Waals surface area contributed by atoms with E-state index in [-0.39, 0.29) is 12.6 Å². The van der Waals surface area contributed by atoms with Crippen molar-refractivity contribution >= 4 is 17.1 Å². The van der Waals surface area contributed by atoms with E-state index in [1.807, 2.05) is 0 Å². The molecule has 1 amide bonds. The molecule has 0 atom stereocenters. The highest BCUT2D eigenvalue weighted by atomic mass is 16.2. The molecule has 4 N–H and O–H groups in total. The quantitative estimate of drug-likeness (QED) is 0.567. The smallest absolute Gasteiger partial charge is 0.332 e. The first-order chi connectivity index (χ1) is 9.95. The average molecular weight is 294 g/mol. The van der Waals surface area contributed by atoms with Gasteiger partial charge in [0.1, 0.15) is 11.3 Å². The van der Waals surface area contributed by atoms with Gasteiger partial charge in [0.25, 0.3) is 5.56 Å². The largest absolute Gasteiger partial charge is 0.344 e. The SMILES string of the molecule is Cn1c(=O)c2[nH]c(CCCC(=O)NCN)nc2n(C)c1=O. The first kappa shape index (κ1) is 15.0. The summed E-state index contributed by atoms with van der Waals surface area (Å²) in [5.41, 5.74) is 4.99. The summed E-state index contributed by atoms with van der Waals surface area (Å²) in [6.45, 7) is 0.113. The molecule has 2 aromatic heterocycles. The number of imidazole rings is 1. The molecule has 0 radical (unpaired) electrons. The Hall–Kier alpha value is -2.42. The van der Waals surface area contributed by atoms with Crippen LogP contribution in [0.4, 0.5) is 0 Å². The molecule has 21 heavy (non-hydrogen) atoms. The lowest BCUT2D eigenvalue weighted by Gasteiger charge is -2.00. The Morgan fingerprint density at radius 1 is 1.33 bits per heavy atom. The summed E-state index contributed by atoms with van der Waals surface area (Å²) in [7, 11) is 2.98. The Balaban J connectivity index is 2.22. The zero-order valence-electron chi connectivity index (χ0n) is 12.0. The number of aromatic amines is 1. The van der Waals surface area contributed by atoms with Gasteiger partial charge in [0, 0.05) is 26.9 Å². The van der Waals surface area contributed by atoms with Crippen LogP contribution < -0.4 is 22.3 Å². The molecule has 0 saturated heterocycles. The maximum atomic E-state index is 12.0. The van der Waals surface area contributed by atoms with Gasteiger partial charge in [0.15, 0.2) is 5.65 Å². The normalized spacial score (nSPS) is 11.0. The van der Waals surface area contributed by atoms with Gasteiger partial charge in [-0.1, -0.05) is 0 Å². The van der Waals surface area contributed by atoms with Crippen molar-refractivity contribution in [2.45, 2.75) is 19.3 Å². The van der Waals surface area contributed by atoms with Crippen molar-refractivity contribution in [2.75, 3.05) is 6.67 Å². The number of hydrogen-bond donors (Lipinski definition) is 3. The molecule has 2 rings (SSSR count). The molecule has 2 heterocycles. The molecule has 0 unspecified atom stereocenters. The Morgan fingerprint density at radius 3 is 2.71 bits per heavy atom. The zero-order valence-corrected chi connectivity index (χ0v) is 12.0. The summed E-state index contributed by atoms with van der Waals surface area (Å²) in [5, 5.41) is 2.50. The maximum Gasteiger partial charge on any atom is 0.332 e. The second-order valence-electron chi connectivity index (χ2n) is 4.75. The van der Waals surface area contributed by atoms with Gasteiger partial charge < -0.3 is 16.0 Å². The molecule has 0 bridgehead atoms. The van der Waals surface area contributed by atoms with E-state index in [2.05, 4.69) is 15.3 Å². The third-order valence-corrected chi connectivity index (χ3v) is 3.26. The van der Waals surface area contributed by atoms with Crippen molar-refractivity contribution < 1.29 is 4.79 Å². The lowest BCUT2D eigenvalue weighted by Crippen LogP contribution is -2.36. The fraction of sp³-hybridized carbons (Fsp3) is 0.500. The van der Waals surface area contributed by atoms with E-state index < -0.39 is 11.2 Å². The minimum atomic E-state index is -0.423. The van der Waals surface area contributed by atoms with Crippen LogP contribution in [-0.2, 0) is 25.3 Å². The summed E-state index contributed by atoms with van der Waals surface area (Å²) in [5.74, 6) is 0.445. The van der Waals surface area contributed by atoms with E-state index in [0.29, 0.717) is 36.3 Å². The molecule has 0 spiro atoms. The molecule has 9 heteroatoms. The van der Waals surface area contributed by atoms with Crippen molar-refractivity contribution in [3.8, 4) is 0 Å². The van der Waals surface area contributed by atoms with Crippen molar-refractivity contribution in [3.05, 3.63) is 26.7 Å². The Bertz CT molecular complexity index is 785. The number of amides is 1. The molecule has 2 aromatic rings. The first-order valence-electron chi connectivity index (χ1n) is 6.57. The minimum absolute atomic E-state index is 0.113. The number of aryl methyl sites for hydroxylation is 2. The van der Waals surface area contributed by atoms with Crippen LogP contribution in [0.2, 0.25) is 0 Å². The Labute approximate surface area is 119 Å². The summed E-state index contributed by atoms with van der Waals surface area (Å²) in [4.78, 5) is 42.2. The molecule has 0 saturated carbocycles. The van der Waals surface area contributed by atoms with Gasteiger partial charge >= 0.3 is 5.69 Å². The van der Waals surface area contributed by atoms with Crippen molar-refractivity contribution in [3.63, 3.8) is 0 Å². The number of aromatic nitrogens is 4. The van der Waals surface area contributed by atoms with E-state index in [1.165, 1.54) is 11.6 Å². The fourth-order valence-electron chi connectivity index (χ4n) is 2.11. The van der Waals surface area contributed by atoms with E-state index in [0.717, 1.165) is 4.57 Å². The van der Waals surface area contributed by atoms with Crippen LogP contribution in [0.15, 0.2) is 9.59 Å². The van der Waals surface area contributed by atoms with E-state index in [4.69, 9.17) is 5.73 Å². The molecule has 0 aliphatic rings. The summed E-state index contributed by atoms with van der Waals surface area (Å²) < 4.78 is 2.34. The predicted molar refractivity (Wildman–Crippen MR) is 76.7 cm³/mol. The van der Waals surface area contributed by atoms with Gasteiger partial charge in [-0.2, -0.15) is 0 Å². The van der Waals surface area contributed by atoms with Gasteiger partial charge in [0.05, 0.1) is 6.67 Å². The topological polar surface area (TPSA) is 128 Å². The second-order valence-corrected chi connectivity index (χ2v) is 4.75. The molecule has 0 aliphatic carbocycles. The van der Waals surface area contributed by atoms with E-state index in [1.54, 1.807) is 7.05 Å². The summed E-state index contributed by atoms with van der Waals surface area (Å²) in [6.07, 6.45) is 1.40. The number of nitrogens with one attached hydrogen (secondary N) is 2. The number of carbonyl (C=O) groups excluding carboxylic acids is 1. The van der Waals surface area contributed by atoms with Crippen molar-refractivity contribution in [1.29, 1.82) is 0 Å². The van der Waals surface area contributed by atoms with Crippen LogP contribution >= 0.6 is 0 Å². The Morgan fingerprint density at radius 2 is 2.05 bits per heavy atom. The van der Waals surface area contributed by atoms with E-state index >= 15 is 0 Å². The third-order valence-electron chi connectivity index (χ3n) is 3.26. The second kappa shape index (κ2) is 5.92. The van der Waals surface area contributed by atoms with Crippen molar-refractivity contribution in [1.82, 2.24) is 24.4 Å². The number of rotatable bonds is 5. The summed E-state index contributed by atoms with van der Waals surface area (Å²) >= 11 is 0. The number of nitrogens with two attached hydrogens (primary N) is 1. The number of nitrogens with zero attached hydrogens (tertiary/aromatic N) is 3. The monoisotopic (exact) mass is 294 g/mol. The molecule has 0 fully saturated rings. The molecule has 9 nitrogen and oxygen atoms in total. The number of hydrogen-bond acceptors (Lipinski definition) is 5. The first-order valence-corrected chi connectivity index (χ1v) is 6.57. The van der Waals surface area contributed by atoms with Gasteiger partial charge in [0.2, 0.25) is 5.91 Å². The number of H-pyrrole nitrogens is 1.